The number of aromatic nitrogens is 1. The first-order chi connectivity index (χ1) is 14.9. The molecule has 1 aliphatic carbocycles. The average molecular weight is 442 g/mol. The number of rotatable bonds is 6. The first kappa shape index (κ1) is 21.4. The highest BCUT2D eigenvalue weighted by atomic mass is 35.5. The van der Waals surface area contributed by atoms with E-state index >= 15 is 0 Å². The molecule has 31 heavy (non-hydrogen) atoms. The van der Waals surface area contributed by atoms with E-state index in [2.05, 4.69) is 10.3 Å². The molecule has 3 aromatic rings. The molecule has 2 amide bonds. The van der Waals surface area contributed by atoms with Crippen LogP contribution in [0.15, 0.2) is 36.4 Å². The van der Waals surface area contributed by atoms with E-state index in [1.807, 2.05) is 18.2 Å². The smallest absolute Gasteiger partial charge is 0.250 e. The van der Waals surface area contributed by atoms with Crippen LogP contribution in [0.4, 0.5) is 0 Å². The molecular weight excluding hydrogens is 418 g/mol. The van der Waals surface area contributed by atoms with Crippen molar-refractivity contribution in [2.24, 2.45) is 11.7 Å². The van der Waals surface area contributed by atoms with E-state index in [0.717, 1.165) is 27.8 Å². The van der Waals surface area contributed by atoms with Gasteiger partial charge in [0.1, 0.15) is 0 Å². The summed E-state index contributed by atoms with van der Waals surface area (Å²) in [7, 11) is 0. The van der Waals surface area contributed by atoms with Gasteiger partial charge in [-0.25, -0.2) is 0 Å². The summed E-state index contributed by atoms with van der Waals surface area (Å²) >= 11 is 6.01. The molecule has 7 nitrogen and oxygen atoms in total. The minimum Gasteiger partial charge on any atom is -0.394 e. The van der Waals surface area contributed by atoms with Gasteiger partial charge in [-0.2, -0.15) is 0 Å². The Bertz CT molecular complexity index is 1140. The maximum Gasteiger partial charge on any atom is 0.250 e. The zero-order chi connectivity index (χ0) is 22.1. The topological polar surface area (TPSA) is 128 Å². The number of carbonyl (C=O) groups excluding carboxylic acids is 2. The molecule has 0 saturated heterocycles. The van der Waals surface area contributed by atoms with Gasteiger partial charge >= 0.3 is 0 Å². The Labute approximate surface area is 184 Å². The number of amides is 2. The molecular formula is C23H24ClN3O4. The van der Waals surface area contributed by atoms with Crippen LogP contribution in [0.25, 0.3) is 22.0 Å². The van der Waals surface area contributed by atoms with Crippen molar-refractivity contribution in [2.75, 3.05) is 13.2 Å². The molecule has 0 bridgehead atoms. The van der Waals surface area contributed by atoms with E-state index in [1.54, 1.807) is 18.2 Å². The fourth-order valence-corrected chi connectivity index (χ4v) is 4.34. The fraction of sp³-hybridized carbons (Fsp3) is 0.304. The van der Waals surface area contributed by atoms with Gasteiger partial charge in [-0.05, 0) is 60.2 Å². The molecule has 1 heterocycles. The van der Waals surface area contributed by atoms with Crippen LogP contribution in [0.5, 0.6) is 0 Å². The van der Waals surface area contributed by atoms with Crippen molar-refractivity contribution in [3.8, 4) is 11.1 Å². The Balaban J connectivity index is 1.75. The number of halogens is 1. The second-order valence-electron chi connectivity index (χ2n) is 7.91. The maximum atomic E-state index is 12.7. The van der Waals surface area contributed by atoms with Crippen LogP contribution >= 0.6 is 11.6 Å². The third-order valence-corrected chi connectivity index (χ3v) is 6.15. The molecule has 0 spiro atoms. The number of aryl methyl sites for hydroxylation is 1. The first-order valence-electron chi connectivity index (χ1n) is 10.2. The van der Waals surface area contributed by atoms with Crippen molar-refractivity contribution in [3.63, 3.8) is 0 Å². The van der Waals surface area contributed by atoms with Gasteiger partial charge in [-0.15, -0.1) is 0 Å². The third-order valence-electron chi connectivity index (χ3n) is 5.90. The Morgan fingerprint density at radius 1 is 1.16 bits per heavy atom. The van der Waals surface area contributed by atoms with Crippen LogP contribution in [0.2, 0.25) is 5.02 Å². The number of H-pyrrole nitrogens is 1. The Morgan fingerprint density at radius 2 is 1.87 bits per heavy atom. The van der Waals surface area contributed by atoms with Crippen molar-refractivity contribution in [1.82, 2.24) is 10.3 Å². The highest BCUT2D eigenvalue weighted by Gasteiger charge is 2.29. The van der Waals surface area contributed by atoms with E-state index in [1.165, 1.54) is 0 Å². The van der Waals surface area contributed by atoms with Crippen molar-refractivity contribution < 1.29 is 19.8 Å². The normalized spacial score (nSPS) is 15.8. The quantitative estimate of drug-likeness (QED) is 0.401. The largest absolute Gasteiger partial charge is 0.394 e. The molecule has 4 rings (SSSR count). The number of carbonyl (C=O) groups is 2. The van der Waals surface area contributed by atoms with Gasteiger partial charge in [-0.1, -0.05) is 23.7 Å². The fourth-order valence-electron chi connectivity index (χ4n) is 4.21. The van der Waals surface area contributed by atoms with Crippen molar-refractivity contribution >= 4 is 34.3 Å². The van der Waals surface area contributed by atoms with Gasteiger partial charge in [0.25, 0.3) is 5.91 Å². The number of aliphatic hydroxyl groups is 2. The summed E-state index contributed by atoms with van der Waals surface area (Å²) in [4.78, 5) is 28.2. The van der Waals surface area contributed by atoms with Crippen LogP contribution in [0.1, 0.15) is 28.0 Å². The molecule has 0 saturated carbocycles. The van der Waals surface area contributed by atoms with Gasteiger partial charge < -0.3 is 26.2 Å². The van der Waals surface area contributed by atoms with Gasteiger partial charge in [-0.3, -0.25) is 9.59 Å². The summed E-state index contributed by atoms with van der Waals surface area (Å²) in [5, 5.41) is 22.7. The van der Waals surface area contributed by atoms with E-state index in [4.69, 9.17) is 17.3 Å². The number of benzene rings is 2. The summed E-state index contributed by atoms with van der Waals surface area (Å²) in [5.74, 6) is -1.01. The van der Waals surface area contributed by atoms with Crippen molar-refractivity contribution in [2.45, 2.75) is 25.3 Å². The Morgan fingerprint density at radius 3 is 2.52 bits per heavy atom. The lowest BCUT2D eigenvalue weighted by molar-refractivity contribution is -0.126. The first-order valence-corrected chi connectivity index (χ1v) is 10.5. The lowest BCUT2D eigenvalue weighted by Crippen LogP contribution is -2.44. The molecule has 2 aromatic carbocycles. The minimum atomic E-state index is -0.671. The number of aliphatic hydroxyl groups excluding tert-OH is 2. The van der Waals surface area contributed by atoms with Gasteiger partial charge in [0, 0.05) is 22.0 Å². The van der Waals surface area contributed by atoms with Crippen LogP contribution in [-0.4, -0.2) is 46.3 Å². The highest BCUT2D eigenvalue weighted by Crippen LogP contribution is 2.36. The summed E-state index contributed by atoms with van der Waals surface area (Å²) in [6, 6.07) is 10.4. The number of fused-ring (bicyclic) bond motifs is 3. The molecule has 0 fully saturated rings. The van der Waals surface area contributed by atoms with E-state index in [-0.39, 0.29) is 25.0 Å². The number of hydrogen-bond acceptors (Lipinski definition) is 4. The molecule has 1 aromatic heterocycles. The molecule has 8 heteroatoms. The van der Waals surface area contributed by atoms with Crippen LogP contribution in [0, 0.1) is 5.92 Å². The summed E-state index contributed by atoms with van der Waals surface area (Å²) < 4.78 is 0. The molecule has 6 N–H and O–H groups in total. The predicted octanol–water partition coefficient (Wildman–Crippen LogP) is 2.16. The average Bonchev–Trinajstić information content (AvgIpc) is 3.14. The van der Waals surface area contributed by atoms with Crippen molar-refractivity contribution in [1.29, 1.82) is 0 Å². The van der Waals surface area contributed by atoms with Gasteiger partial charge in [0.2, 0.25) is 5.91 Å². The lowest BCUT2D eigenvalue weighted by atomic mass is 9.85. The molecule has 0 aliphatic heterocycles. The number of nitrogens with one attached hydrogen (secondary N) is 2. The van der Waals surface area contributed by atoms with Crippen LogP contribution < -0.4 is 11.1 Å². The van der Waals surface area contributed by atoms with E-state index < -0.39 is 11.9 Å². The number of aromatic amines is 1. The number of primary amides is 1. The molecule has 1 atom stereocenters. The Kier molecular flexibility index (Phi) is 6.00. The second-order valence-corrected chi connectivity index (χ2v) is 8.35. The van der Waals surface area contributed by atoms with Gasteiger partial charge in [0.05, 0.1) is 30.3 Å². The van der Waals surface area contributed by atoms with E-state index in [9.17, 15) is 19.8 Å². The van der Waals surface area contributed by atoms with Crippen LogP contribution in [-0.2, 0) is 17.6 Å². The highest BCUT2D eigenvalue weighted by molar-refractivity contribution is 6.30. The third kappa shape index (κ3) is 4.17. The predicted molar refractivity (Wildman–Crippen MR) is 119 cm³/mol. The maximum absolute atomic E-state index is 12.7. The summed E-state index contributed by atoms with van der Waals surface area (Å²) in [6.45, 7) is -0.639. The molecule has 1 aliphatic rings. The zero-order valence-corrected chi connectivity index (χ0v) is 17.6. The molecule has 162 valence electrons. The lowest BCUT2D eigenvalue weighted by Gasteiger charge is -2.24. The number of nitrogens with two attached hydrogens (primary N) is 1. The van der Waals surface area contributed by atoms with Crippen LogP contribution in [0.3, 0.4) is 0 Å². The summed E-state index contributed by atoms with van der Waals surface area (Å²) in [5.41, 5.74) is 10.5. The zero-order valence-electron chi connectivity index (χ0n) is 16.8. The minimum absolute atomic E-state index is 0.197. The van der Waals surface area contributed by atoms with E-state index in [0.29, 0.717) is 35.4 Å². The standard InChI is InChI=1S/C23H24ClN3O4/c24-15-4-1-12(2-5-15)14-8-18-17-7-13(23(31)26-16(10-28)11-29)3-6-20(17)27-21(18)19(9-14)22(25)30/h1-2,4-5,8-9,13,16,27-29H,3,6-7,10-11H2,(H2,25,30)(H,26,31). The molecule has 0 radical (unpaired) electrons. The second kappa shape index (κ2) is 8.70. The van der Waals surface area contributed by atoms with Gasteiger partial charge in [0.15, 0.2) is 0 Å². The molecule has 1 unspecified atom stereocenters. The Hall–Kier alpha value is -2.87. The van der Waals surface area contributed by atoms with Crippen molar-refractivity contribution in [3.05, 3.63) is 58.2 Å². The summed E-state index contributed by atoms with van der Waals surface area (Å²) in [6.07, 6.45) is 1.78. The SMILES string of the molecule is NC(=O)c1cc(-c2ccc(Cl)cc2)cc2c3c([nH]c12)CCC(C(=O)NC(CO)CO)C3. The monoisotopic (exact) mass is 441 g/mol. The number of hydrogen-bond donors (Lipinski definition) is 5.